The number of furan rings is 1. The van der Waals surface area contributed by atoms with Crippen molar-refractivity contribution < 1.29 is 13.6 Å². The first-order chi connectivity index (χ1) is 14.9. The SMILES string of the molecule is O=C(/C=C/c1ccc(-c2ccc(Cl)cc2Cl)o1)NC(=S)Nc1nc2ccc(F)cc2s1. The first-order valence-electron chi connectivity index (χ1n) is 8.79. The Morgan fingerprint density at radius 1 is 1.16 bits per heavy atom. The minimum absolute atomic E-state index is 0.0715. The Morgan fingerprint density at radius 3 is 2.81 bits per heavy atom. The molecule has 0 aliphatic carbocycles. The minimum atomic E-state index is -0.452. The van der Waals surface area contributed by atoms with E-state index in [1.807, 2.05) is 0 Å². The van der Waals surface area contributed by atoms with Gasteiger partial charge in [-0.15, -0.1) is 0 Å². The van der Waals surface area contributed by atoms with Gasteiger partial charge in [0.05, 0.1) is 15.2 Å². The fourth-order valence-corrected chi connectivity index (χ4v) is 4.33. The Morgan fingerprint density at radius 2 is 2.00 bits per heavy atom. The van der Waals surface area contributed by atoms with E-state index in [1.165, 1.54) is 35.6 Å². The van der Waals surface area contributed by atoms with E-state index in [2.05, 4.69) is 15.6 Å². The zero-order valence-electron chi connectivity index (χ0n) is 15.5. The van der Waals surface area contributed by atoms with E-state index in [9.17, 15) is 9.18 Å². The van der Waals surface area contributed by atoms with Crippen molar-refractivity contribution in [3.63, 3.8) is 0 Å². The first-order valence-corrected chi connectivity index (χ1v) is 10.8. The maximum Gasteiger partial charge on any atom is 0.250 e. The maximum atomic E-state index is 13.3. The Bertz CT molecular complexity index is 1330. The second kappa shape index (κ2) is 9.15. The van der Waals surface area contributed by atoms with Gasteiger partial charge in [0.25, 0.3) is 0 Å². The molecule has 0 spiro atoms. The third-order valence-electron chi connectivity index (χ3n) is 4.03. The van der Waals surface area contributed by atoms with Gasteiger partial charge in [-0.05, 0) is 66.8 Å². The van der Waals surface area contributed by atoms with E-state index in [0.29, 0.717) is 42.5 Å². The van der Waals surface area contributed by atoms with E-state index in [4.69, 9.17) is 39.8 Å². The summed E-state index contributed by atoms with van der Waals surface area (Å²) in [4.78, 5) is 16.4. The van der Waals surface area contributed by atoms with Gasteiger partial charge in [0, 0.05) is 16.7 Å². The van der Waals surface area contributed by atoms with Gasteiger partial charge in [0.2, 0.25) is 5.91 Å². The molecule has 0 aliphatic heterocycles. The van der Waals surface area contributed by atoms with Crippen molar-refractivity contribution in [2.45, 2.75) is 0 Å². The number of amides is 1. The number of hydrogen-bond donors (Lipinski definition) is 2. The Balaban J connectivity index is 1.36. The van der Waals surface area contributed by atoms with Crippen LogP contribution in [-0.2, 0) is 4.79 Å². The van der Waals surface area contributed by atoms with Gasteiger partial charge in [0.1, 0.15) is 17.3 Å². The van der Waals surface area contributed by atoms with Crippen molar-refractivity contribution in [1.29, 1.82) is 0 Å². The normalized spacial score (nSPS) is 11.2. The molecule has 0 bridgehead atoms. The molecule has 2 aromatic heterocycles. The van der Waals surface area contributed by atoms with Gasteiger partial charge < -0.3 is 9.73 Å². The van der Waals surface area contributed by atoms with Crippen molar-refractivity contribution >= 4 is 79.2 Å². The molecule has 0 saturated carbocycles. The number of thiocarbonyl (C=S) groups is 1. The molecular formula is C21H12Cl2FN3O2S2. The van der Waals surface area contributed by atoms with Crippen LogP contribution in [0.1, 0.15) is 5.76 Å². The van der Waals surface area contributed by atoms with E-state index in [1.54, 1.807) is 36.4 Å². The van der Waals surface area contributed by atoms with Crippen LogP contribution >= 0.6 is 46.8 Å². The predicted octanol–water partition coefficient (Wildman–Crippen LogP) is 6.53. The van der Waals surface area contributed by atoms with Crippen LogP contribution in [-0.4, -0.2) is 16.0 Å². The van der Waals surface area contributed by atoms with E-state index in [0.717, 1.165) is 0 Å². The second-order valence-corrected chi connectivity index (χ2v) is 8.52. The molecule has 4 aromatic rings. The molecule has 0 radical (unpaired) electrons. The van der Waals surface area contributed by atoms with Gasteiger partial charge in [-0.1, -0.05) is 34.5 Å². The van der Waals surface area contributed by atoms with Gasteiger partial charge >= 0.3 is 0 Å². The third kappa shape index (κ3) is 5.29. The summed E-state index contributed by atoms with van der Waals surface area (Å²) in [7, 11) is 0. The van der Waals surface area contributed by atoms with E-state index < -0.39 is 5.91 Å². The van der Waals surface area contributed by atoms with Crippen LogP contribution in [0.3, 0.4) is 0 Å². The summed E-state index contributed by atoms with van der Waals surface area (Å²) in [6.07, 6.45) is 2.79. The Hall–Kier alpha value is -2.78. The molecule has 31 heavy (non-hydrogen) atoms. The minimum Gasteiger partial charge on any atom is -0.457 e. The summed E-state index contributed by atoms with van der Waals surface area (Å²) in [6, 6.07) is 12.8. The first kappa shape index (κ1) is 21.5. The largest absolute Gasteiger partial charge is 0.457 e. The average molecular weight is 492 g/mol. The fraction of sp³-hybridized carbons (Fsp3) is 0. The summed E-state index contributed by atoms with van der Waals surface area (Å²) in [5.41, 5.74) is 1.33. The number of anilines is 1. The molecule has 1 amide bonds. The molecule has 4 rings (SSSR count). The zero-order valence-corrected chi connectivity index (χ0v) is 18.6. The monoisotopic (exact) mass is 491 g/mol. The molecule has 0 fully saturated rings. The van der Waals surface area contributed by atoms with E-state index in [-0.39, 0.29) is 10.9 Å². The highest BCUT2D eigenvalue weighted by Gasteiger charge is 2.10. The molecule has 10 heteroatoms. The standard InChI is InChI=1S/C21H12Cl2FN3O2S2/c22-11-1-5-14(15(23)9-11)17-7-3-13(29-17)4-8-19(28)26-20(30)27-21-25-16-6-2-12(24)10-18(16)31-21/h1-10H,(H2,25,26,27,28,30)/b8-4+. The average Bonchev–Trinajstić information content (AvgIpc) is 3.32. The molecule has 2 aromatic carbocycles. The maximum absolute atomic E-state index is 13.3. The quantitative estimate of drug-likeness (QED) is 0.251. The number of thiazole rings is 1. The van der Waals surface area contributed by atoms with Gasteiger partial charge in [-0.2, -0.15) is 0 Å². The lowest BCUT2D eigenvalue weighted by atomic mass is 10.2. The van der Waals surface area contributed by atoms with Crippen LogP contribution in [0.2, 0.25) is 10.0 Å². The highest BCUT2D eigenvalue weighted by atomic mass is 35.5. The van der Waals surface area contributed by atoms with Gasteiger partial charge in [0.15, 0.2) is 10.2 Å². The van der Waals surface area contributed by atoms with Crippen LogP contribution in [0.25, 0.3) is 27.6 Å². The van der Waals surface area contributed by atoms with Crippen molar-refractivity contribution in [3.8, 4) is 11.3 Å². The number of hydrogen-bond acceptors (Lipinski definition) is 5. The number of nitrogens with zero attached hydrogens (tertiary/aromatic N) is 1. The van der Waals surface area contributed by atoms with Crippen molar-refractivity contribution in [1.82, 2.24) is 10.3 Å². The molecule has 5 nitrogen and oxygen atoms in total. The lowest BCUT2D eigenvalue weighted by molar-refractivity contribution is -0.115. The molecule has 156 valence electrons. The highest BCUT2D eigenvalue weighted by Crippen LogP contribution is 2.31. The Kier molecular flexibility index (Phi) is 6.33. The van der Waals surface area contributed by atoms with Crippen LogP contribution in [0, 0.1) is 5.82 Å². The number of nitrogens with one attached hydrogen (secondary N) is 2. The number of carbonyl (C=O) groups is 1. The lowest BCUT2D eigenvalue weighted by Crippen LogP contribution is -2.32. The van der Waals surface area contributed by atoms with Crippen molar-refractivity contribution in [3.05, 3.63) is 76.2 Å². The summed E-state index contributed by atoms with van der Waals surface area (Å²) in [5.74, 6) is 0.213. The second-order valence-electron chi connectivity index (χ2n) is 6.23. The predicted molar refractivity (Wildman–Crippen MR) is 127 cm³/mol. The Labute approximate surface area is 195 Å². The van der Waals surface area contributed by atoms with Gasteiger partial charge in [-0.3, -0.25) is 10.1 Å². The van der Waals surface area contributed by atoms with Gasteiger partial charge in [-0.25, -0.2) is 9.37 Å². The molecule has 0 aliphatic rings. The number of fused-ring (bicyclic) bond motifs is 1. The number of rotatable bonds is 4. The zero-order chi connectivity index (χ0) is 22.0. The highest BCUT2D eigenvalue weighted by molar-refractivity contribution is 7.80. The molecule has 2 N–H and O–H groups in total. The number of carbonyl (C=O) groups excluding carboxylic acids is 1. The number of benzene rings is 2. The number of halogens is 3. The molecular weight excluding hydrogens is 480 g/mol. The fourth-order valence-electron chi connectivity index (χ4n) is 2.67. The molecule has 0 saturated heterocycles. The lowest BCUT2D eigenvalue weighted by Gasteiger charge is -2.04. The summed E-state index contributed by atoms with van der Waals surface area (Å²) in [5, 5.41) is 6.85. The molecule has 0 unspecified atom stereocenters. The van der Waals surface area contributed by atoms with Crippen molar-refractivity contribution in [2.24, 2.45) is 0 Å². The van der Waals surface area contributed by atoms with E-state index >= 15 is 0 Å². The topological polar surface area (TPSA) is 67.2 Å². The van der Waals surface area contributed by atoms with Crippen LogP contribution < -0.4 is 10.6 Å². The number of aromatic nitrogens is 1. The molecule has 2 heterocycles. The van der Waals surface area contributed by atoms with Crippen LogP contribution in [0.5, 0.6) is 0 Å². The van der Waals surface area contributed by atoms with Crippen LogP contribution in [0.4, 0.5) is 9.52 Å². The smallest absolute Gasteiger partial charge is 0.250 e. The summed E-state index contributed by atoms with van der Waals surface area (Å²) >= 11 is 18.5. The molecule has 0 atom stereocenters. The summed E-state index contributed by atoms with van der Waals surface area (Å²) < 4.78 is 19.7. The summed E-state index contributed by atoms with van der Waals surface area (Å²) in [6.45, 7) is 0. The van der Waals surface area contributed by atoms with Crippen molar-refractivity contribution in [2.75, 3.05) is 5.32 Å². The van der Waals surface area contributed by atoms with Crippen LogP contribution in [0.15, 0.2) is 59.0 Å². The third-order valence-corrected chi connectivity index (χ3v) is 5.72.